The minimum Gasteiger partial charge on any atom is -0.369 e. The van der Waals surface area contributed by atoms with Crippen molar-refractivity contribution in [3.05, 3.63) is 28.0 Å². The summed E-state index contributed by atoms with van der Waals surface area (Å²) in [5, 5.41) is 12.3. The lowest BCUT2D eigenvalue weighted by Gasteiger charge is -2.32. The molecule has 0 spiro atoms. The molecule has 3 nitrogen and oxygen atoms in total. The largest absolute Gasteiger partial charge is 0.369 e. The Morgan fingerprint density at radius 3 is 2.76 bits per heavy atom. The fraction of sp³-hybridized carbons (Fsp3) is 0.562. The quantitative estimate of drug-likeness (QED) is 0.877. The molecule has 21 heavy (non-hydrogen) atoms. The second-order valence-corrected chi connectivity index (χ2v) is 6.30. The zero-order chi connectivity index (χ0) is 15.2. The molecule has 1 aromatic rings. The number of hydrogen-bond acceptors (Lipinski definition) is 3. The van der Waals surface area contributed by atoms with Gasteiger partial charge in [0.2, 0.25) is 0 Å². The van der Waals surface area contributed by atoms with Gasteiger partial charge >= 0.3 is 0 Å². The van der Waals surface area contributed by atoms with Crippen LogP contribution in [0.15, 0.2) is 16.6 Å². The predicted molar refractivity (Wildman–Crippen MR) is 86.9 cm³/mol. The predicted octanol–water partition coefficient (Wildman–Crippen LogP) is 3.68. The van der Waals surface area contributed by atoms with Gasteiger partial charge in [0, 0.05) is 13.1 Å². The second-order valence-electron chi connectivity index (χ2n) is 5.51. The number of anilines is 1. The van der Waals surface area contributed by atoms with Crippen molar-refractivity contribution in [3.8, 4) is 6.07 Å². The first-order valence-corrected chi connectivity index (χ1v) is 8.30. The molecule has 0 aromatic heterocycles. The number of nitriles is 1. The summed E-state index contributed by atoms with van der Waals surface area (Å²) in [4.78, 5) is 2.12. The van der Waals surface area contributed by atoms with Crippen LogP contribution in [0.5, 0.6) is 0 Å². The molecule has 0 radical (unpaired) electrons. The number of nitrogens with zero attached hydrogens (tertiary/aromatic N) is 2. The molecule has 114 valence electrons. The fourth-order valence-electron chi connectivity index (χ4n) is 2.83. The van der Waals surface area contributed by atoms with Gasteiger partial charge in [-0.25, -0.2) is 4.39 Å². The molecule has 2 rings (SSSR count). The van der Waals surface area contributed by atoms with Crippen molar-refractivity contribution in [1.82, 2.24) is 5.32 Å². The van der Waals surface area contributed by atoms with Gasteiger partial charge in [0.05, 0.1) is 15.7 Å². The first-order chi connectivity index (χ1) is 10.2. The summed E-state index contributed by atoms with van der Waals surface area (Å²) < 4.78 is 14.8. The van der Waals surface area contributed by atoms with Gasteiger partial charge in [0.25, 0.3) is 0 Å². The minimum atomic E-state index is -0.323. The lowest BCUT2D eigenvalue weighted by molar-refractivity contribution is 0.372. The summed E-state index contributed by atoms with van der Waals surface area (Å²) in [5.41, 5.74) is 0.941. The highest BCUT2D eigenvalue weighted by atomic mass is 79.9. The van der Waals surface area contributed by atoms with Crippen LogP contribution in [-0.4, -0.2) is 26.2 Å². The summed E-state index contributed by atoms with van der Waals surface area (Å²) in [5.74, 6) is 0.281. The number of halogens is 2. The molecule has 0 amide bonds. The molecule has 1 aliphatic heterocycles. The van der Waals surface area contributed by atoms with Crippen molar-refractivity contribution >= 4 is 21.6 Å². The Kier molecular flexibility index (Phi) is 6.01. The van der Waals surface area contributed by atoms with Gasteiger partial charge in [-0.2, -0.15) is 5.26 Å². The zero-order valence-electron chi connectivity index (χ0n) is 12.3. The van der Waals surface area contributed by atoms with E-state index in [9.17, 15) is 4.39 Å². The highest BCUT2D eigenvalue weighted by Crippen LogP contribution is 2.30. The van der Waals surface area contributed by atoms with Crippen LogP contribution in [0.4, 0.5) is 10.1 Å². The molecule has 0 atom stereocenters. The van der Waals surface area contributed by atoms with Gasteiger partial charge in [-0.05, 0) is 66.3 Å². The van der Waals surface area contributed by atoms with E-state index in [0.717, 1.165) is 45.4 Å². The minimum absolute atomic E-state index is 0.272. The third-order valence-corrected chi connectivity index (χ3v) is 4.73. The van der Waals surface area contributed by atoms with E-state index in [0.29, 0.717) is 17.2 Å². The first-order valence-electron chi connectivity index (χ1n) is 7.51. The van der Waals surface area contributed by atoms with Gasteiger partial charge < -0.3 is 10.2 Å². The van der Waals surface area contributed by atoms with Crippen LogP contribution in [0.3, 0.4) is 0 Å². The van der Waals surface area contributed by atoms with Crippen LogP contribution in [-0.2, 0) is 0 Å². The molecule has 1 heterocycles. The summed E-state index contributed by atoms with van der Waals surface area (Å²) in [6, 6.07) is 5.42. The molecule has 5 heteroatoms. The maximum absolute atomic E-state index is 14.5. The third kappa shape index (κ3) is 3.96. The van der Waals surface area contributed by atoms with E-state index in [1.807, 2.05) is 6.07 Å². The molecule has 0 saturated carbocycles. The maximum Gasteiger partial charge on any atom is 0.161 e. The molecule has 1 aromatic carbocycles. The molecule has 1 aliphatic rings. The van der Waals surface area contributed by atoms with Crippen LogP contribution >= 0.6 is 15.9 Å². The Bertz CT molecular complexity index is 521. The van der Waals surface area contributed by atoms with Gasteiger partial charge in [0.15, 0.2) is 5.82 Å². The lowest BCUT2D eigenvalue weighted by atomic mass is 9.97. The highest BCUT2D eigenvalue weighted by Gasteiger charge is 2.21. The standard InChI is InChI=1S/C16H21BrFN3/c1-2-9-21(11-12-5-7-20-8-6-12)14-4-3-13(10-19)15(17)16(14)18/h3-4,12,20H,2,5-9,11H2,1H3. The summed E-state index contributed by atoms with van der Waals surface area (Å²) in [7, 11) is 0. The number of nitrogens with one attached hydrogen (secondary N) is 1. The van der Waals surface area contributed by atoms with E-state index < -0.39 is 0 Å². The third-order valence-electron chi connectivity index (χ3n) is 3.95. The van der Waals surface area contributed by atoms with E-state index in [1.165, 1.54) is 0 Å². The molecule has 0 bridgehead atoms. The van der Waals surface area contributed by atoms with Crippen LogP contribution in [0.1, 0.15) is 31.7 Å². The van der Waals surface area contributed by atoms with Crippen molar-refractivity contribution < 1.29 is 4.39 Å². The molecule has 0 aliphatic carbocycles. The molecule has 1 saturated heterocycles. The Morgan fingerprint density at radius 2 is 2.14 bits per heavy atom. The number of piperidine rings is 1. The highest BCUT2D eigenvalue weighted by molar-refractivity contribution is 9.10. The van der Waals surface area contributed by atoms with Gasteiger partial charge in [-0.1, -0.05) is 6.92 Å². The average molecular weight is 354 g/mol. The molecule has 1 fully saturated rings. The van der Waals surface area contributed by atoms with Crippen molar-refractivity contribution in [2.24, 2.45) is 5.92 Å². The van der Waals surface area contributed by atoms with E-state index in [1.54, 1.807) is 12.1 Å². The van der Waals surface area contributed by atoms with E-state index >= 15 is 0 Å². The summed E-state index contributed by atoms with van der Waals surface area (Å²) in [6.45, 7) is 5.91. The Labute approximate surface area is 134 Å². The Balaban J connectivity index is 2.21. The average Bonchev–Trinajstić information content (AvgIpc) is 2.51. The molecule has 0 unspecified atom stereocenters. The van der Waals surface area contributed by atoms with E-state index in [2.05, 4.69) is 33.1 Å². The van der Waals surface area contributed by atoms with Crippen LogP contribution in [0.25, 0.3) is 0 Å². The zero-order valence-corrected chi connectivity index (χ0v) is 13.9. The fourth-order valence-corrected chi connectivity index (χ4v) is 3.25. The normalized spacial score (nSPS) is 15.7. The molecular formula is C16H21BrFN3. The molecule has 1 N–H and O–H groups in total. The van der Waals surface area contributed by atoms with Crippen LogP contribution in [0.2, 0.25) is 0 Å². The van der Waals surface area contributed by atoms with Crippen LogP contribution in [0, 0.1) is 23.1 Å². The summed E-state index contributed by atoms with van der Waals surface area (Å²) >= 11 is 3.20. The van der Waals surface area contributed by atoms with Crippen molar-refractivity contribution in [2.45, 2.75) is 26.2 Å². The second kappa shape index (κ2) is 7.77. The van der Waals surface area contributed by atoms with Crippen molar-refractivity contribution in [3.63, 3.8) is 0 Å². The number of rotatable bonds is 5. The van der Waals surface area contributed by atoms with Crippen molar-refractivity contribution in [1.29, 1.82) is 5.26 Å². The van der Waals surface area contributed by atoms with Crippen LogP contribution < -0.4 is 10.2 Å². The van der Waals surface area contributed by atoms with E-state index in [4.69, 9.17) is 5.26 Å². The SMILES string of the molecule is CCCN(CC1CCNCC1)c1ccc(C#N)c(Br)c1F. The van der Waals surface area contributed by atoms with Gasteiger partial charge in [0.1, 0.15) is 6.07 Å². The maximum atomic E-state index is 14.5. The first kappa shape index (κ1) is 16.3. The van der Waals surface area contributed by atoms with E-state index in [-0.39, 0.29) is 10.3 Å². The Hall–Kier alpha value is -1.12. The van der Waals surface area contributed by atoms with Gasteiger partial charge in [-0.15, -0.1) is 0 Å². The molecular weight excluding hydrogens is 333 g/mol. The number of benzene rings is 1. The number of hydrogen-bond donors (Lipinski definition) is 1. The monoisotopic (exact) mass is 353 g/mol. The Morgan fingerprint density at radius 1 is 1.43 bits per heavy atom. The topological polar surface area (TPSA) is 39.1 Å². The van der Waals surface area contributed by atoms with Crippen molar-refractivity contribution in [2.75, 3.05) is 31.1 Å². The summed E-state index contributed by atoms with van der Waals surface area (Å²) in [6.07, 6.45) is 3.25. The van der Waals surface area contributed by atoms with Gasteiger partial charge in [-0.3, -0.25) is 0 Å². The smallest absolute Gasteiger partial charge is 0.161 e. The lowest BCUT2D eigenvalue weighted by Crippen LogP contribution is -2.37.